The predicted molar refractivity (Wildman–Crippen MR) is 360 cm³/mol. The molecule has 0 spiro atoms. The normalized spacial score (nSPS) is 28.0. The van der Waals surface area contributed by atoms with Gasteiger partial charge in [-0.3, -0.25) is 4.79 Å². The third-order valence-electron chi connectivity index (χ3n) is 18.0. The number of aliphatic hydroxyl groups is 11. The molecule has 12 N–H and O–H groups in total. The SMILES string of the molecule is CCCCCCC/C=C\C/C=C\C/C=C\CCCCCCCCCCCCCCC(=O)NC(COC1OC(CO)C(OC2OC(CO)C(OC3OC(CO)C(O)C(O)C3O)C(O)C2O)C(O)C1O)C(O)/C=C/CC/C=C/CCCCCCCCCCCCCCCC. The maximum absolute atomic E-state index is 13.4. The third kappa shape index (κ3) is 35.7. The van der Waals surface area contributed by atoms with Crippen molar-refractivity contribution in [3.05, 3.63) is 60.8 Å². The van der Waals surface area contributed by atoms with E-state index in [4.69, 9.17) is 28.4 Å². The third-order valence-corrected chi connectivity index (χ3v) is 18.0. The molecule has 536 valence electrons. The van der Waals surface area contributed by atoms with E-state index in [1.165, 1.54) is 173 Å². The molecule has 17 atom stereocenters. The van der Waals surface area contributed by atoms with Gasteiger partial charge >= 0.3 is 0 Å². The van der Waals surface area contributed by atoms with Crippen molar-refractivity contribution in [2.24, 2.45) is 0 Å². The van der Waals surface area contributed by atoms with Crippen LogP contribution in [0.2, 0.25) is 0 Å². The molecule has 19 heteroatoms. The lowest BCUT2D eigenvalue weighted by molar-refractivity contribution is -0.379. The van der Waals surface area contributed by atoms with Gasteiger partial charge in [-0.25, -0.2) is 0 Å². The van der Waals surface area contributed by atoms with E-state index < -0.39 is 124 Å². The van der Waals surface area contributed by atoms with Gasteiger partial charge in [0.25, 0.3) is 0 Å². The first-order valence-electron chi connectivity index (χ1n) is 36.5. The Balaban J connectivity index is 1.43. The number of hydrogen-bond donors (Lipinski definition) is 12. The predicted octanol–water partition coefficient (Wildman–Crippen LogP) is 10.3. The largest absolute Gasteiger partial charge is 0.394 e. The molecule has 1 amide bonds. The summed E-state index contributed by atoms with van der Waals surface area (Å²) >= 11 is 0. The molecular formula is C73H131NO18. The fraction of sp³-hybridized carbons (Fsp3) is 0.849. The molecule has 3 rings (SSSR count). The topological polar surface area (TPSA) is 307 Å². The second-order valence-electron chi connectivity index (χ2n) is 26.0. The first-order chi connectivity index (χ1) is 44.8. The quantitative estimate of drug-likeness (QED) is 0.0199. The van der Waals surface area contributed by atoms with Crippen LogP contribution in [-0.4, -0.2) is 193 Å². The molecule has 0 aliphatic carbocycles. The highest BCUT2D eigenvalue weighted by molar-refractivity contribution is 5.76. The van der Waals surface area contributed by atoms with Gasteiger partial charge in [-0.2, -0.15) is 0 Å². The highest BCUT2D eigenvalue weighted by Gasteiger charge is 2.53. The minimum atomic E-state index is -1.98. The lowest BCUT2D eigenvalue weighted by atomic mass is 9.96. The Bertz CT molecular complexity index is 1900. The molecule has 0 saturated carbocycles. The van der Waals surface area contributed by atoms with Crippen molar-refractivity contribution in [3.63, 3.8) is 0 Å². The molecule has 19 nitrogen and oxygen atoms in total. The number of carbonyl (C=O) groups excluding carboxylic acids is 1. The van der Waals surface area contributed by atoms with E-state index in [0.29, 0.717) is 12.8 Å². The standard InChI is InChI=1S/C73H131NO18/c1-3-5-7-9-11-13-15-17-19-21-23-25-26-27-28-29-30-31-33-35-37-39-41-43-45-47-49-51-61(79)74-56(57(78)50-48-46-44-42-40-38-36-34-32-24-22-20-18-16-14-12-10-8-6-4-2)55-87-71-67(85)64(82)69(59(53-76)89-71)92-73-68(86)65(83)70(60(54-77)90-73)91-72-66(84)63(81)62(80)58(52-75)88-72/h15,17,21,23,26-27,40,42,48,50,56-60,62-73,75-78,80-86H,3-14,16,18-20,22,24-25,28-39,41,43-47,49,51-55H2,1-2H3,(H,74,79)/b17-15-,23-21-,27-26-,42-40+,50-48+. The summed E-state index contributed by atoms with van der Waals surface area (Å²) in [6.07, 6.45) is 40.5. The summed E-state index contributed by atoms with van der Waals surface area (Å²) in [5, 5.41) is 121. The Morgan fingerprint density at radius 2 is 0.728 bits per heavy atom. The zero-order chi connectivity index (χ0) is 66.8. The summed E-state index contributed by atoms with van der Waals surface area (Å²) in [6.45, 7) is 1.72. The monoisotopic (exact) mass is 1310 g/mol. The van der Waals surface area contributed by atoms with Gasteiger partial charge in [0.2, 0.25) is 5.91 Å². The molecular weight excluding hydrogens is 1180 g/mol. The molecule has 0 radical (unpaired) electrons. The molecule has 17 unspecified atom stereocenters. The molecule has 3 aliphatic heterocycles. The van der Waals surface area contributed by atoms with E-state index in [9.17, 15) is 61.0 Å². The summed E-state index contributed by atoms with van der Waals surface area (Å²) in [4.78, 5) is 13.4. The zero-order valence-corrected chi connectivity index (χ0v) is 56.8. The van der Waals surface area contributed by atoms with Gasteiger partial charge in [0.05, 0.1) is 38.6 Å². The number of carbonyl (C=O) groups is 1. The van der Waals surface area contributed by atoms with Crippen LogP contribution in [0.4, 0.5) is 0 Å². The number of amides is 1. The average molecular weight is 1310 g/mol. The summed E-state index contributed by atoms with van der Waals surface area (Å²) in [6, 6.07) is -0.994. The van der Waals surface area contributed by atoms with E-state index in [2.05, 4.69) is 67.8 Å². The number of rotatable bonds is 56. The van der Waals surface area contributed by atoms with Crippen molar-refractivity contribution in [1.29, 1.82) is 0 Å². The molecule has 0 aromatic rings. The molecule has 0 aromatic carbocycles. The number of hydrogen-bond acceptors (Lipinski definition) is 18. The van der Waals surface area contributed by atoms with Crippen LogP contribution in [-0.2, 0) is 33.2 Å². The van der Waals surface area contributed by atoms with Gasteiger partial charge in [-0.15, -0.1) is 0 Å². The fourth-order valence-corrected chi connectivity index (χ4v) is 12.1. The first kappa shape index (κ1) is 83.7. The lowest BCUT2D eigenvalue weighted by Crippen LogP contribution is -2.66. The lowest BCUT2D eigenvalue weighted by Gasteiger charge is -2.48. The van der Waals surface area contributed by atoms with Crippen molar-refractivity contribution >= 4 is 5.91 Å². The van der Waals surface area contributed by atoms with Crippen LogP contribution in [0.25, 0.3) is 0 Å². The maximum atomic E-state index is 13.4. The van der Waals surface area contributed by atoms with Gasteiger partial charge in [-0.05, 0) is 70.6 Å². The van der Waals surface area contributed by atoms with E-state index in [1.807, 2.05) is 6.08 Å². The van der Waals surface area contributed by atoms with E-state index in [0.717, 1.165) is 57.8 Å². The summed E-state index contributed by atoms with van der Waals surface area (Å²) < 4.78 is 34.4. The number of unbranched alkanes of at least 4 members (excludes halogenated alkanes) is 32. The molecule has 92 heavy (non-hydrogen) atoms. The highest BCUT2D eigenvalue weighted by atomic mass is 16.8. The van der Waals surface area contributed by atoms with Crippen LogP contribution in [0, 0.1) is 0 Å². The smallest absolute Gasteiger partial charge is 0.220 e. The molecule has 0 aromatic heterocycles. The van der Waals surface area contributed by atoms with E-state index >= 15 is 0 Å². The van der Waals surface area contributed by atoms with Crippen molar-refractivity contribution in [1.82, 2.24) is 5.32 Å². The average Bonchev–Trinajstić information content (AvgIpc) is 0.854. The van der Waals surface area contributed by atoms with Crippen LogP contribution in [0.5, 0.6) is 0 Å². The van der Waals surface area contributed by atoms with Crippen molar-refractivity contribution in [2.45, 2.75) is 369 Å². The Morgan fingerprint density at radius 3 is 1.16 bits per heavy atom. The van der Waals surface area contributed by atoms with Crippen LogP contribution < -0.4 is 5.32 Å². The molecule has 3 heterocycles. The number of ether oxygens (including phenoxy) is 6. The first-order valence-corrected chi connectivity index (χ1v) is 36.5. The summed E-state index contributed by atoms with van der Waals surface area (Å²) in [5.74, 6) is -0.287. The zero-order valence-electron chi connectivity index (χ0n) is 56.8. The van der Waals surface area contributed by atoms with Crippen LogP contribution in [0.3, 0.4) is 0 Å². The van der Waals surface area contributed by atoms with Crippen molar-refractivity contribution in [2.75, 3.05) is 26.4 Å². The fourth-order valence-electron chi connectivity index (χ4n) is 12.1. The number of aliphatic hydroxyl groups excluding tert-OH is 11. The minimum absolute atomic E-state index is 0.232. The Labute approximate surface area is 554 Å². The number of nitrogens with one attached hydrogen (secondary N) is 1. The van der Waals surface area contributed by atoms with Crippen molar-refractivity contribution < 1.29 is 89.4 Å². The van der Waals surface area contributed by atoms with Crippen LogP contribution in [0.15, 0.2) is 60.8 Å². The summed E-state index contributed by atoms with van der Waals surface area (Å²) in [5.41, 5.74) is 0. The van der Waals surface area contributed by atoms with Gasteiger partial charge in [0.15, 0.2) is 18.9 Å². The Hall–Kier alpha value is -2.51. The minimum Gasteiger partial charge on any atom is -0.394 e. The van der Waals surface area contributed by atoms with E-state index in [1.54, 1.807) is 6.08 Å². The maximum Gasteiger partial charge on any atom is 0.220 e. The number of allylic oxidation sites excluding steroid dienone is 9. The van der Waals surface area contributed by atoms with E-state index in [-0.39, 0.29) is 18.9 Å². The Morgan fingerprint density at radius 1 is 0.391 bits per heavy atom. The highest BCUT2D eigenvalue weighted by Crippen LogP contribution is 2.33. The summed E-state index contributed by atoms with van der Waals surface area (Å²) in [7, 11) is 0. The molecule has 3 fully saturated rings. The van der Waals surface area contributed by atoms with Gasteiger partial charge < -0.3 is 89.9 Å². The van der Waals surface area contributed by atoms with Crippen molar-refractivity contribution in [3.8, 4) is 0 Å². The van der Waals surface area contributed by atoms with Crippen LogP contribution >= 0.6 is 0 Å². The van der Waals surface area contributed by atoms with Gasteiger partial charge in [-0.1, -0.05) is 248 Å². The second-order valence-corrected chi connectivity index (χ2v) is 26.0. The Kier molecular flexibility index (Phi) is 49.6. The van der Waals surface area contributed by atoms with Crippen LogP contribution in [0.1, 0.15) is 264 Å². The molecule has 0 bridgehead atoms. The van der Waals surface area contributed by atoms with Gasteiger partial charge in [0, 0.05) is 6.42 Å². The van der Waals surface area contributed by atoms with Gasteiger partial charge in [0.1, 0.15) is 73.2 Å². The molecule has 3 aliphatic rings. The second kappa shape index (κ2) is 54.5. The molecule has 3 saturated heterocycles.